The molecule has 0 atom stereocenters. The topological polar surface area (TPSA) is 44.8 Å². The summed E-state index contributed by atoms with van der Waals surface area (Å²) in [6.07, 6.45) is 7.13. The van der Waals surface area contributed by atoms with E-state index < -0.39 is 11.8 Å². The molecule has 0 spiro atoms. The molecule has 0 aliphatic heterocycles. The van der Waals surface area contributed by atoms with Crippen molar-refractivity contribution in [2.75, 3.05) is 26.9 Å². The minimum atomic E-state index is -0.530. The van der Waals surface area contributed by atoms with Gasteiger partial charge in [-0.05, 0) is 37.5 Å². The van der Waals surface area contributed by atoms with Crippen molar-refractivity contribution in [3.63, 3.8) is 0 Å². The zero-order valence-corrected chi connectivity index (χ0v) is 14.8. The van der Waals surface area contributed by atoms with Gasteiger partial charge in [0.05, 0.1) is 18.8 Å². The number of ether oxygens (including phenoxy) is 3. The van der Waals surface area contributed by atoms with Crippen LogP contribution in [0.25, 0.3) is 0 Å². The van der Waals surface area contributed by atoms with Crippen LogP contribution in [-0.4, -0.2) is 32.9 Å². The van der Waals surface area contributed by atoms with Crippen molar-refractivity contribution < 1.29 is 23.4 Å². The first-order valence-electron chi connectivity index (χ1n) is 8.77. The summed E-state index contributed by atoms with van der Waals surface area (Å²) in [5, 5.41) is 0. The molecule has 0 unspecified atom stereocenters. The molecule has 24 heavy (non-hydrogen) atoms. The molecule has 0 aliphatic rings. The van der Waals surface area contributed by atoms with Crippen LogP contribution in [0, 0.1) is 5.82 Å². The molecule has 5 heteroatoms. The van der Waals surface area contributed by atoms with Gasteiger partial charge < -0.3 is 14.2 Å². The summed E-state index contributed by atoms with van der Waals surface area (Å²) in [5.41, 5.74) is 0.203. The van der Waals surface area contributed by atoms with Crippen molar-refractivity contribution in [1.29, 1.82) is 0 Å². The Balaban J connectivity index is 2.33. The average Bonchev–Trinajstić information content (AvgIpc) is 2.58. The number of methoxy groups -OCH3 is 1. The molecule has 1 aromatic carbocycles. The maximum absolute atomic E-state index is 14.0. The molecular weight excluding hydrogens is 311 g/mol. The van der Waals surface area contributed by atoms with Gasteiger partial charge in [-0.15, -0.1) is 0 Å². The van der Waals surface area contributed by atoms with E-state index >= 15 is 0 Å². The first-order valence-corrected chi connectivity index (χ1v) is 8.77. The highest BCUT2D eigenvalue weighted by atomic mass is 19.1. The van der Waals surface area contributed by atoms with Crippen molar-refractivity contribution in [3.05, 3.63) is 29.6 Å². The lowest BCUT2D eigenvalue weighted by Crippen LogP contribution is -2.08. The van der Waals surface area contributed by atoms with E-state index in [1.54, 1.807) is 7.11 Å². The van der Waals surface area contributed by atoms with Gasteiger partial charge in [0.25, 0.3) is 0 Å². The molecule has 1 aromatic rings. The van der Waals surface area contributed by atoms with Crippen molar-refractivity contribution in [2.24, 2.45) is 0 Å². The summed E-state index contributed by atoms with van der Waals surface area (Å²) < 4.78 is 29.4. The molecule has 0 bridgehead atoms. The lowest BCUT2D eigenvalue weighted by Gasteiger charge is -2.09. The molecule has 0 saturated carbocycles. The first-order chi connectivity index (χ1) is 11.7. The fraction of sp³-hybridized carbons (Fsp3) is 0.632. The number of rotatable bonds is 13. The SMILES string of the molecule is CCCCCCCOc1ccc(C(=O)OCCCCOC)cc1F. The zero-order valence-electron chi connectivity index (χ0n) is 14.8. The highest BCUT2D eigenvalue weighted by Crippen LogP contribution is 2.19. The number of hydrogen-bond donors (Lipinski definition) is 0. The standard InChI is InChI=1S/C19H29FO4/c1-3-4-5-6-7-13-23-18-11-10-16(15-17(18)20)19(21)24-14-9-8-12-22-2/h10-11,15H,3-9,12-14H2,1-2H3. The lowest BCUT2D eigenvalue weighted by molar-refractivity contribution is 0.0488. The van der Waals surface area contributed by atoms with Crippen LogP contribution in [0.5, 0.6) is 5.75 Å². The smallest absolute Gasteiger partial charge is 0.338 e. The quantitative estimate of drug-likeness (QED) is 0.384. The molecule has 0 fully saturated rings. The molecule has 0 heterocycles. The zero-order chi connectivity index (χ0) is 17.6. The van der Waals surface area contributed by atoms with Crippen molar-refractivity contribution in [1.82, 2.24) is 0 Å². The Labute approximate surface area is 144 Å². The third-order valence-corrected chi connectivity index (χ3v) is 3.65. The fourth-order valence-corrected chi connectivity index (χ4v) is 2.23. The second kappa shape index (κ2) is 12.8. The number of carbonyl (C=O) groups is 1. The van der Waals surface area contributed by atoms with Crippen LogP contribution in [0.1, 0.15) is 62.2 Å². The van der Waals surface area contributed by atoms with Crippen LogP contribution in [0.15, 0.2) is 18.2 Å². The molecule has 0 N–H and O–H groups in total. The predicted molar refractivity (Wildman–Crippen MR) is 92.0 cm³/mol. The summed E-state index contributed by atoms with van der Waals surface area (Å²) in [6, 6.07) is 4.19. The van der Waals surface area contributed by atoms with Crippen LogP contribution < -0.4 is 4.74 Å². The van der Waals surface area contributed by atoms with Crippen molar-refractivity contribution in [2.45, 2.75) is 51.9 Å². The van der Waals surface area contributed by atoms with E-state index in [-0.39, 0.29) is 11.3 Å². The third kappa shape index (κ3) is 8.29. The van der Waals surface area contributed by atoms with Gasteiger partial charge in [0, 0.05) is 13.7 Å². The normalized spacial score (nSPS) is 10.6. The van der Waals surface area contributed by atoms with E-state index in [0.717, 1.165) is 25.7 Å². The van der Waals surface area contributed by atoms with Crippen LogP contribution >= 0.6 is 0 Å². The molecular formula is C19H29FO4. The maximum Gasteiger partial charge on any atom is 0.338 e. The van der Waals surface area contributed by atoms with Crippen molar-refractivity contribution in [3.8, 4) is 5.75 Å². The number of hydrogen-bond acceptors (Lipinski definition) is 4. The predicted octanol–water partition coefficient (Wildman–Crippen LogP) is 4.76. The Morgan fingerprint density at radius 2 is 1.71 bits per heavy atom. The summed E-state index contributed by atoms with van der Waals surface area (Å²) >= 11 is 0. The van der Waals surface area contributed by atoms with Gasteiger partial charge in [-0.25, -0.2) is 9.18 Å². The molecule has 1 rings (SSSR count). The van der Waals surface area contributed by atoms with Gasteiger partial charge in [0.15, 0.2) is 11.6 Å². The molecule has 0 radical (unpaired) electrons. The van der Waals surface area contributed by atoms with Crippen molar-refractivity contribution >= 4 is 5.97 Å². The second-order valence-corrected chi connectivity index (χ2v) is 5.74. The first kappa shape index (κ1) is 20.4. The Bertz CT molecular complexity index is 476. The molecule has 0 saturated heterocycles. The monoisotopic (exact) mass is 340 g/mol. The average molecular weight is 340 g/mol. The molecule has 136 valence electrons. The van der Waals surface area contributed by atoms with Gasteiger partial charge in [-0.1, -0.05) is 32.6 Å². The maximum atomic E-state index is 14.0. The van der Waals surface area contributed by atoms with Gasteiger partial charge in [0.1, 0.15) is 0 Å². The number of carbonyl (C=O) groups excluding carboxylic acids is 1. The summed E-state index contributed by atoms with van der Waals surface area (Å²) in [4.78, 5) is 11.8. The molecule has 0 aromatic heterocycles. The summed E-state index contributed by atoms with van der Waals surface area (Å²) in [7, 11) is 1.63. The van der Waals surface area contributed by atoms with Crippen LogP contribution in [-0.2, 0) is 9.47 Å². The minimum absolute atomic E-state index is 0.183. The largest absolute Gasteiger partial charge is 0.491 e. The van der Waals surface area contributed by atoms with E-state index in [1.807, 2.05) is 0 Å². The van der Waals surface area contributed by atoms with Crippen LogP contribution in [0.3, 0.4) is 0 Å². The highest BCUT2D eigenvalue weighted by Gasteiger charge is 2.11. The molecule has 0 aliphatic carbocycles. The van der Waals surface area contributed by atoms with Crippen LogP contribution in [0.2, 0.25) is 0 Å². The Morgan fingerprint density at radius 3 is 2.42 bits per heavy atom. The number of esters is 1. The summed E-state index contributed by atoms with van der Waals surface area (Å²) in [5.74, 6) is -0.864. The molecule has 0 amide bonds. The van der Waals surface area contributed by atoms with E-state index in [1.165, 1.54) is 37.5 Å². The molecule has 4 nitrogen and oxygen atoms in total. The Kier molecular flexibility index (Phi) is 10.9. The number of unbranched alkanes of at least 4 members (excludes halogenated alkanes) is 5. The van der Waals surface area contributed by atoms with Gasteiger partial charge in [0.2, 0.25) is 0 Å². The van der Waals surface area contributed by atoms with E-state index in [4.69, 9.17) is 14.2 Å². The van der Waals surface area contributed by atoms with E-state index in [9.17, 15) is 9.18 Å². The number of benzene rings is 1. The third-order valence-electron chi connectivity index (χ3n) is 3.65. The van der Waals surface area contributed by atoms with Gasteiger partial charge in [-0.2, -0.15) is 0 Å². The second-order valence-electron chi connectivity index (χ2n) is 5.74. The van der Waals surface area contributed by atoms with E-state index in [0.29, 0.717) is 19.8 Å². The van der Waals surface area contributed by atoms with Gasteiger partial charge in [-0.3, -0.25) is 0 Å². The van der Waals surface area contributed by atoms with Gasteiger partial charge >= 0.3 is 5.97 Å². The minimum Gasteiger partial charge on any atom is -0.491 e. The Hall–Kier alpha value is -1.62. The fourth-order valence-electron chi connectivity index (χ4n) is 2.23. The number of halogens is 1. The lowest BCUT2D eigenvalue weighted by atomic mass is 10.2. The highest BCUT2D eigenvalue weighted by molar-refractivity contribution is 5.89. The summed E-state index contributed by atoms with van der Waals surface area (Å²) in [6.45, 7) is 3.60. The Morgan fingerprint density at radius 1 is 1.00 bits per heavy atom. The van der Waals surface area contributed by atoms with Crippen LogP contribution in [0.4, 0.5) is 4.39 Å². The van der Waals surface area contributed by atoms with E-state index in [2.05, 4.69) is 6.92 Å².